The van der Waals surface area contributed by atoms with Gasteiger partial charge in [-0.1, -0.05) is 30.3 Å². The number of hydrogen-bond donors (Lipinski definition) is 3. The molecule has 1 aromatic rings. The minimum absolute atomic E-state index is 0.0894. The monoisotopic (exact) mass is 234 g/mol. The molecule has 4 nitrogen and oxygen atoms in total. The predicted octanol–water partition coefficient (Wildman–Crippen LogP) is 0.575. The number of amides is 1. The first-order chi connectivity index (χ1) is 8.17. The maximum atomic E-state index is 11.7. The zero-order valence-electron chi connectivity index (χ0n) is 9.73. The number of hydrogen-bond acceptors (Lipinski definition) is 3. The van der Waals surface area contributed by atoms with Gasteiger partial charge >= 0.3 is 0 Å². The van der Waals surface area contributed by atoms with Crippen LogP contribution in [0.1, 0.15) is 24.5 Å². The van der Waals surface area contributed by atoms with E-state index in [1.807, 2.05) is 6.07 Å². The number of aliphatic hydroxyl groups excluding tert-OH is 1. The molecule has 0 spiro atoms. The van der Waals surface area contributed by atoms with Crippen LogP contribution in [0, 0.1) is 5.41 Å². The number of rotatable bonds is 5. The minimum Gasteiger partial charge on any atom is -0.378 e. The third kappa shape index (κ3) is 2.84. The molecule has 1 atom stereocenters. The van der Waals surface area contributed by atoms with E-state index in [0.29, 0.717) is 18.7 Å². The lowest BCUT2D eigenvalue weighted by Crippen LogP contribution is -2.36. The van der Waals surface area contributed by atoms with E-state index in [2.05, 4.69) is 5.32 Å². The molecule has 1 aliphatic rings. The van der Waals surface area contributed by atoms with Gasteiger partial charge in [0, 0.05) is 6.54 Å². The first kappa shape index (κ1) is 12.1. The van der Waals surface area contributed by atoms with Crippen LogP contribution in [-0.4, -0.2) is 24.1 Å². The smallest absolute Gasteiger partial charge is 0.253 e. The normalized spacial score (nSPS) is 18.5. The van der Waals surface area contributed by atoms with Crippen LogP contribution in [0.2, 0.25) is 0 Å². The molecule has 4 heteroatoms. The standard InChI is InChI=1S/C13H18N2O2/c14-8-13(6-7-13)9-15-12(17)11(16)10-4-2-1-3-5-10/h1-5,11,16H,6-9,14H2,(H,15,17). The lowest BCUT2D eigenvalue weighted by atomic mass is 10.1. The summed E-state index contributed by atoms with van der Waals surface area (Å²) in [4.78, 5) is 11.7. The van der Waals surface area contributed by atoms with Crippen molar-refractivity contribution < 1.29 is 9.90 Å². The van der Waals surface area contributed by atoms with Gasteiger partial charge in [-0.3, -0.25) is 4.79 Å². The zero-order chi connectivity index (χ0) is 12.3. The fraction of sp³-hybridized carbons (Fsp3) is 0.462. The van der Waals surface area contributed by atoms with Crippen molar-refractivity contribution in [3.63, 3.8) is 0 Å². The SMILES string of the molecule is NCC1(CNC(=O)C(O)c2ccccc2)CC1. The van der Waals surface area contributed by atoms with Crippen molar-refractivity contribution in [2.75, 3.05) is 13.1 Å². The van der Waals surface area contributed by atoms with Gasteiger partial charge in [0.2, 0.25) is 0 Å². The highest BCUT2D eigenvalue weighted by Crippen LogP contribution is 2.43. The molecule has 0 aliphatic heterocycles. The third-order valence-electron chi connectivity index (χ3n) is 3.39. The summed E-state index contributed by atoms with van der Waals surface area (Å²) in [5.41, 5.74) is 6.33. The van der Waals surface area contributed by atoms with Crippen molar-refractivity contribution in [2.45, 2.75) is 18.9 Å². The topological polar surface area (TPSA) is 75.3 Å². The van der Waals surface area contributed by atoms with Gasteiger partial charge in [0.15, 0.2) is 6.10 Å². The number of carbonyl (C=O) groups excluding carboxylic acids is 1. The summed E-state index contributed by atoms with van der Waals surface area (Å²) in [6, 6.07) is 8.92. The molecule has 1 saturated carbocycles. The molecule has 0 saturated heterocycles. The lowest BCUT2D eigenvalue weighted by molar-refractivity contribution is -0.129. The Morgan fingerprint density at radius 2 is 2.06 bits per heavy atom. The van der Waals surface area contributed by atoms with Gasteiger partial charge in [0.1, 0.15) is 0 Å². The van der Waals surface area contributed by atoms with E-state index in [1.165, 1.54) is 0 Å². The summed E-state index contributed by atoms with van der Waals surface area (Å²) in [5.74, 6) is -0.351. The fourth-order valence-electron chi connectivity index (χ4n) is 1.79. The molecule has 1 aromatic carbocycles. The zero-order valence-corrected chi connectivity index (χ0v) is 9.73. The maximum absolute atomic E-state index is 11.7. The van der Waals surface area contributed by atoms with E-state index in [-0.39, 0.29) is 11.3 Å². The predicted molar refractivity (Wildman–Crippen MR) is 65.1 cm³/mol. The highest BCUT2D eigenvalue weighted by Gasteiger charge is 2.41. The van der Waals surface area contributed by atoms with Gasteiger partial charge in [0.25, 0.3) is 5.91 Å². The molecule has 4 N–H and O–H groups in total. The van der Waals surface area contributed by atoms with E-state index < -0.39 is 6.10 Å². The largest absolute Gasteiger partial charge is 0.378 e. The molecule has 92 valence electrons. The van der Waals surface area contributed by atoms with Crippen molar-refractivity contribution in [3.8, 4) is 0 Å². The highest BCUT2D eigenvalue weighted by atomic mass is 16.3. The average Bonchev–Trinajstić information content (AvgIpc) is 3.17. The molecule has 1 amide bonds. The minimum atomic E-state index is -1.09. The molecule has 0 bridgehead atoms. The van der Waals surface area contributed by atoms with Crippen molar-refractivity contribution in [3.05, 3.63) is 35.9 Å². The van der Waals surface area contributed by atoms with E-state index in [0.717, 1.165) is 12.8 Å². The molecule has 1 unspecified atom stereocenters. The van der Waals surface area contributed by atoms with Crippen molar-refractivity contribution in [1.29, 1.82) is 0 Å². The first-order valence-electron chi connectivity index (χ1n) is 5.88. The Kier molecular flexibility index (Phi) is 3.45. The molecular formula is C13H18N2O2. The van der Waals surface area contributed by atoms with Gasteiger partial charge in [-0.05, 0) is 30.4 Å². The Morgan fingerprint density at radius 3 is 2.59 bits per heavy atom. The van der Waals surface area contributed by atoms with Crippen LogP contribution in [0.5, 0.6) is 0 Å². The van der Waals surface area contributed by atoms with Gasteiger partial charge in [-0.15, -0.1) is 0 Å². The van der Waals surface area contributed by atoms with E-state index in [9.17, 15) is 9.90 Å². The summed E-state index contributed by atoms with van der Waals surface area (Å²) in [5, 5.41) is 12.6. The van der Waals surface area contributed by atoms with Crippen LogP contribution in [0.4, 0.5) is 0 Å². The Labute approximate surface area is 101 Å². The van der Waals surface area contributed by atoms with Crippen molar-refractivity contribution in [2.24, 2.45) is 11.1 Å². The second-order valence-electron chi connectivity index (χ2n) is 4.74. The van der Waals surface area contributed by atoms with Gasteiger partial charge in [-0.25, -0.2) is 0 Å². The number of benzene rings is 1. The molecule has 0 aromatic heterocycles. The first-order valence-corrected chi connectivity index (χ1v) is 5.88. The highest BCUT2D eigenvalue weighted by molar-refractivity contribution is 5.81. The van der Waals surface area contributed by atoms with Crippen LogP contribution in [0.3, 0.4) is 0 Å². The Balaban J connectivity index is 1.88. The van der Waals surface area contributed by atoms with Gasteiger partial charge in [-0.2, -0.15) is 0 Å². The second-order valence-corrected chi connectivity index (χ2v) is 4.74. The third-order valence-corrected chi connectivity index (χ3v) is 3.39. The average molecular weight is 234 g/mol. The second kappa shape index (κ2) is 4.85. The molecule has 2 rings (SSSR count). The summed E-state index contributed by atoms with van der Waals surface area (Å²) in [7, 11) is 0. The van der Waals surface area contributed by atoms with Crippen LogP contribution < -0.4 is 11.1 Å². The number of nitrogens with two attached hydrogens (primary N) is 1. The van der Waals surface area contributed by atoms with Crippen LogP contribution >= 0.6 is 0 Å². The molecule has 1 fully saturated rings. The Bertz CT molecular complexity index is 388. The van der Waals surface area contributed by atoms with E-state index in [1.54, 1.807) is 24.3 Å². The Morgan fingerprint density at radius 1 is 1.41 bits per heavy atom. The van der Waals surface area contributed by atoms with E-state index >= 15 is 0 Å². The number of nitrogens with one attached hydrogen (secondary N) is 1. The van der Waals surface area contributed by atoms with Gasteiger partial charge < -0.3 is 16.2 Å². The summed E-state index contributed by atoms with van der Waals surface area (Å²) in [6.45, 7) is 1.15. The number of carbonyl (C=O) groups is 1. The van der Waals surface area contributed by atoms with Gasteiger partial charge in [0.05, 0.1) is 0 Å². The fourth-order valence-corrected chi connectivity index (χ4v) is 1.79. The van der Waals surface area contributed by atoms with Crippen LogP contribution in [-0.2, 0) is 4.79 Å². The van der Waals surface area contributed by atoms with E-state index in [4.69, 9.17) is 5.73 Å². The summed E-state index contributed by atoms with van der Waals surface area (Å²) in [6.07, 6.45) is 1.03. The van der Waals surface area contributed by atoms with Crippen molar-refractivity contribution >= 4 is 5.91 Å². The maximum Gasteiger partial charge on any atom is 0.253 e. The molecule has 1 aliphatic carbocycles. The quantitative estimate of drug-likeness (QED) is 0.697. The molecule has 0 heterocycles. The Hall–Kier alpha value is -1.39. The van der Waals surface area contributed by atoms with Crippen LogP contribution in [0.25, 0.3) is 0 Å². The summed E-state index contributed by atoms with van der Waals surface area (Å²) >= 11 is 0. The molecule has 0 radical (unpaired) electrons. The summed E-state index contributed by atoms with van der Waals surface area (Å²) < 4.78 is 0. The van der Waals surface area contributed by atoms with Crippen LogP contribution in [0.15, 0.2) is 30.3 Å². The lowest BCUT2D eigenvalue weighted by Gasteiger charge is -2.16. The molecular weight excluding hydrogens is 216 g/mol. The van der Waals surface area contributed by atoms with Crippen molar-refractivity contribution in [1.82, 2.24) is 5.32 Å². The molecule has 17 heavy (non-hydrogen) atoms. The number of aliphatic hydroxyl groups is 1.